The lowest BCUT2D eigenvalue weighted by Crippen LogP contribution is -2.48. The number of nitrogens with one attached hydrogen (secondary N) is 1. The summed E-state index contributed by atoms with van der Waals surface area (Å²) in [7, 11) is -5.96. The van der Waals surface area contributed by atoms with Crippen LogP contribution in [0.1, 0.15) is 19.4 Å². The number of aliphatic hydroxyl groups excluding tert-OH is 1. The average molecular weight is 574 g/mol. The number of sulfonamides is 2. The van der Waals surface area contributed by atoms with Crippen molar-refractivity contribution >= 4 is 43.2 Å². The molecule has 2 aromatic rings. The predicted octanol–water partition coefficient (Wildman–Crippen LogP) is 2.18. The quantitative estimate of drug-likeness (QED) is 0.494. The summed E-state index contributed by atoms with van der Waals surface area (Å²) in [6.07, 6.45) is 0.270. The number of anilines is 1. The molecule has 0 bridgehead atoms. The summed E-state index contributed by atoms with van der Waals surface area (Å²) in [6, 6.07) is 9.98. The summed E-state index contributed by atoms with van der Waals surface area (Å²) in [5.41, 5.74) is 0.710. The van der Waals surface area contributed by atoms with Crippen LogP contribution in [0, 0.1) is 5.92 Å². The molecule has 2 N–H and O–H groups in total. The van der Waals surface area contributed by atoms with Gasteiger partial charge < -0.3 is 14.7 Å². The van der Waals surface area contributed by atoms with E-state index in [-0.39, 0.29) is 48.5 Å². The summed E-state index contributed by atoms with van der Waals surface area (Å²) >= 11 is 5.91. The lowest BCUT2D eigenvalue weighted by atomic mass is 10.0. The van der Waals surface area contributed by atoms with Crippen molar-refractivity contribution in [1.29, 1.82) is 0 Å². The number of rotatable bonds is 8. The second kappa shape index (κ2) is 11.6. The average Bonchev–Trinajstić information content (AvgIpc) is 2.85. The van der Waals surface area contributed by atoms with Gasteiger partial charge in [0.15, 0.2) is 0 Å². The fraction of sp³-hybridized carbons (Fsp3) is 0.458. The molecule has 0 aromatic heterocycles. The molecule has 0 saturated heterocycles. The Morgan fingerprint density at radius 2 is 1.84 bits per heavy atom. The molecule has 3 rings (SSSR count). The van der Waals surface area contributed by atoms with Crippen LogP contribution in [-0.4, -0.2) is 82.2 Å². The smallest absolute Gasteiger partial charge is 0.242 e. The lowest BCUT2D eigenvalue weighted by molar-refractivity contribution is -0.134. The van der Waals surface area contributed by atoms with Crippen molar-refractivity contribution in [1.82, 2.24) is 9.21 Å². The van der Waals surface area contributed by atoms with Crippen LogP contribution < -0.4 is 9.46 Å². The van der Waals surface area contributed by atoms with Gasteiger partial charge in [0.2, 0.25) is 26.0 Å². The molecule has 13 heteroatoms. The van der Waals surface area contributed by atoms with E-state index in [2.05, 4.69) is 4.72 Å². The standard InChI is InChI=1S/C24H32ClN3O7S2/c1-16-13-28(17(2)15-29)24(30)12-18-11-20(26-36(4,31)32)7-10-22(18)35-23(16)14-27(3)37(33,34)21-8-5-19(25)6-9-21/h5-11,16-17,23,26,29H,12-15H2,1-4H3/t16-,17+,23-/m1/s1. The Hall–Kier alpha value is -2.38. The Kier molecular flexibility index (Phi) is 9.12. The second-order valence-corrected chi connectivity index (χ2v) is 13.6. The Balaban J connectivity index is 1.99. The van der Waals surface area contributed by atoms with E-state index in [1.807, 2.05) is 6.92 Å². The zero-order valence-electron chi connectivity index (χ0n) is 21.1. The molecule has 2 aromatic carbocycles. The molecule has 204 valence electrons. The van der Waals surface area contributed by atoms with Crippen LogP contribution in [0.4, 0.5) is 5.69 Å². The second-order valence-electron chi connectivity index (χ2n) is 9.32. The van der Waals surface area contributed by atoms with Crippen molar-refractivity contribution in [3.05, 3.63) is 53.1 Å². The number of ether oxygens (including phenoxy) is 1. The van der Waals surface area contributed by atoms with Gasteiger partial charge in [-0.2, -0.15) is 4.31 Å². The van der Waals surface area contributed by atoms with Gasteiger partial charge in [-0.15, -0.1) is 0 Å². The normalized spacial score (nSPS) is 19.9. The summed E-state index contributed by atoms with van der Waals surface area (Å²) in [5.74, 6) is -0.238. The molecule has 0 saturated carbocycles. The summed E-state index contributed by atoms with van der Waals surface area (Å²) in [6.45, 7) is 3.52. The van der Waals surface area contributed by atoms with Gasteiger partial charge in [0.25, 0.3) is 0 Å². The van der Waals surface area contributed by atoms with E-state index in [1.165, 1.54) is 47.8 Å². The number of hydrogen-bond donors (Lipinski definition) is 2. The third-order valence-electron chi connectivity index (χ3n) is 6.18. The zero-order chi connectivity index (χ0) is 27.5. The maximum absolute atomic E-state index is 13.2. The predicted molar refractivity (Wildman–Crippen MR) is 142 cm³/mol. The molecule has 0 unspecified atom stereocenters. The lowest BCUT2D eigenvalue weighted by Gasteiger charge is -2.33. The number of fused-ring (bicyclic) bond motifs is 1. The SMILES string of the molecule is C[C@@H]1CN([C@@H](C)CO)C(=O)Cc2cc(NS(C)(=O)=O)ccc2O[C@@H]1CN(C)S(=O)(=O)c1ccc(Cl)cc1. The number of hydrogen-bond acceptors (Lipinski definition) is 7. The first-order valence-electron chi connectivity index (χ1n) is 11.6. The first-order chi connectivity index (χ1) is 17.2. The maximum Gasteiger partial charge on any atom is 0.242 e. The van der Waals surface area contributed by atoms with Crippen LogP contribution in [0.15, 0.2) is 47.4 Å². The van der Waals surface area contributed by atoms with Gasteiger partial charge in [-0.05, 0) is 49.4 Å². The van der Waals surface area contributed by atoms with E-state index in [9.17, 15) is 26.7 Å². The fourth-order valence-corrected chi connectivity index (χ4v) is 5.93. The molecule has 0 spiro atoms. The fourth-order valence-electron chi connectivity index (χ4n) is 4.06. The Morgan fingerprint density at radius 3 is 2.43 bits per heavy atom. The first kappa shape index (κ1) is 29.2. The number of benzene rings is 2. The van der Waals surface area contributed by atoms with Crippen molar-refractivity contribution in [3.8, 4) is 5.75 Å². The van der Waals surface area contributed by atoms with Gasteiger partial charge in [-0.25, -0.2) is 16.8 Å². The van der Waals surface area contributed by atoms with Gasteiger partial charge in [0.1, 0.15) is 11.9 Å². The van der Waals surface area contributed by atoms with Gasteiger partial charge >= 0.3 is 0 Å². The van der Waals surface area contributed by atoms with E-state index < -0.39 is 32.2 Å². The molecule has 37 heavy (non-hydrogen) atoms. The van der Waals surface area contributed by atoms with Crippen LogP contribution in [0.5, 0.6) is 5.75 Å². The minimum atomic E-state index is -3.86. The summed E-state index contributed by atoms with van der Waals surface area (Å²) < 4.78 is 59.7. The van der Waals surface area contributed by atoms with Crippen LogP contribution >= 0.6 is 11.6 Å². The number of carbonyl (C=O) groups is 1. The van der Waals surface area contributed by atoms with Gasteiger partial charge in [0.05, 0.1) is 36.8 Å². The van der Waals surface area contributed by atoms with Crippen LogP contribution in [0.2, 0.25) is 5.02 Å². The monoisotopic (exact) mass is 573 g/mol. The number of aliphatic hydroxyl groups is 1. The Bertz CT molecular complexity index is 1330. The molecular formula is C24H32ClN3O7S2. The molecule has 0 radical (unpaired) electrons. The highest BCUT2D eigenvalue weighted by Crippen LogP contribution is 2.30. The van der Waals surface area contributed by atoms with Crippen LogP contribution in [0.25, 0.3) is 0 Å². The molecule has 0 aliphatic carbocycles. The minimum Gasteiger partial charge on any atom is -0.488 e. The van der Waals surface area contributed by atoms with Gasteiger partial charge in [-0.3, -0.25) is 9.52 Å². The maximum atomic E-state index is 13.2. The van der Waals surface area contributed by atoms with E-state index in [4.69, 9.17) is 16.3 Å². The number of halogens is 1. The van der Waals surface area contributed by atoms with Gasteiger partial charge in [-0.1, -0.05) is 18.5 Å². The van der Waals surface area contributed by atoms with Crippen molar-refractivity contribution in [3.63, 3.8) is 0 Å². The highest BCUT2D eigenvalue weighted by molar-refractivity contribution is 7.92. The Labute approximate surface area is 223 Å². The van der Waals surface area contributed by atoms with E-state index in [1.54, 1.807) is 17.9 Å². The first-order valence-corrected chi connectivity index (χ1v) is 15.3. The van der Waals surface area contributed by atoms with E-state index in [0.29, 0.717) is 16.3 Å². The molecule has 1 heterocycles. The minimum absolute atomic E-state index is 0.0234. The van der Waals surface area contributed by atoms with Crippen LogP contribution in [0.3, 0.4) is 0 Å². The highest BCUT2D eigenvalue weighted by Gasteiger charge is 2.33. The number of nitrogens with zero attached hydrogens (tertiary/aromatic N) is 2. The molecule has 0 fully saturated rings. The summed E-state index contributed by atoms with van der Waals surface area (Å²) in [5, 5.41) is 10.2. The zero-order valence-corrected chi connectivity index (χ0v) is 23.5. The van der Waals surface area contributed by atoms with E-state index >= 15 is 0 Å². The molecule has 1 aliphatic rings. The van der Waals surface area contributed by atoms with Crippen molar-refractivity contribution in [2.75, 3.05) is 37.7 Å². The van der Waals surface area contributed by atoms with Crippen molar-refractivity contribution in [2.24, 2.45) is 5.92 Å². The van der Waals surface area contributed by atoms with Crippen LogP contribution in [-0.2, 0) is 31.3 Å². The number of likely N-dealkylation sites (N-methyl/N-ethyl adjacent to an activating group) is 1. The molecular weight excluding hydrogens is 542 g/mol. The number of amides is 1. The molecule has 1 amide bonds. The topological polar surface area (TPSA) is 133 Å². The largest absolute Gasteiger partial charge is 0.488 e. The third-order valence-corrected chi connectivity index (χ3v) is 8.87. The van der Waals surface area contributed by atoms with Crippen molar-refractivity contribution in [2.45, 2.75) is 37.3 Å². The molecule has 3 atom stereocenters. The number of carbonyl (C=O) groups excluding carboxylic acids is 1. The highest BCUT2D eigenvalue weighted by atomic mass is 35.5. The molecule has 10 nitrogen and oxygen atoms in total. The van der Waals surface area contributed by atoms with Crippen molar-refractivity contribution < 1.29 is 31.5 Å². The van der Waals surface area contributed by atoms with E-state index in [0.717, 1.165) is 6.26 Å². The Morgan fingerprint density at radius 1 is 1.19 bits per heavy atom. The molecule has 1 aliphatic heterocycles. The summed E-state index contributed by atoms with van der Waals surface area (Å²) in [4.78, 5) is 14.9. The third kappa shape index (κ3) is 7.35. The van der Waals surface area contributed by atoms with Gasteiger partial charge in [0, 0.05) is 35.8 Å².